The zero-order valence-electron chi connectivity index (χ0n) is 14.1. The van der Waals surface area contributed by atoms with Crippen LogP contribution in [0.2, 0.25) is 0 Å². The monoisotopic (exact) mass is 296 g/mol. The maximum Gasteiger partial charge on any atom is 0.129 e. The number of carbonyl (C=O) groups is 1. The molecule has 0 heterocycles. The number of rotatable bonds is 16. The van der Waals surface area contributed by atoms with Crippen molar-refractivity contribution in [2.45, 2.75) is 96.8 Å². The molecule has 0 aliphatic heterocycles. The number of aliphatic hydroxyl groups is 1. The van der Waals surface area contributed by atoms with E-state index in [1.54, 1.807) is 6.92 Å². The Morgan fingerprint density at radius 3 is 1.62 bits per heavy atom. The van der Waals surface area contributed by atoms with Crippen LogP contribution in [0.3, 0.4) is 0 Å². The Morgan fingerprint density at radius 1 is 0.714 bits per heavy atom. The molecule has 0 saturated carbocycles. The molecule has 0 aliphatic carbocycles. The first kappa shape index (κ1) is 20.4. The van der Waals surface area contributed by atoms with Gasteiger partial charge in [0.25, 0.3) is 0 Å². The Labute approximate surface area is 132 Å². The fourth-order valence-corrected chi connectivity index (χ4v) is 2.48. The van der Waals surface area contributed by atoms with Crippen LogP contribution in [0.1, 0.15) is 96.8 Å². The Morgan fingerprint density at radius 2 is 1.14 bits per heavy atom. The summed E-state index contributed by atoms with van der Waals surface area (Å²) in [5.74, 6) is 0.325. The maximum absolute atomic E-state index is 10.8. The highest BCUT2D eigenvalue weighted by Gasteiger charge is 1.94. The zero-order chi connectivity index (χ0) is 15.6. The molecule has 0 aromatic heterocycles. The minimum Gasteiger partial charge on any atom is -0.396 e. The number of allylic oxidation sites excluding steroid dienone is 2. The number of hydrogen-bond donors (Lipinski definition) is 1. The zero-order valence-corrected chi connectivity index (χ0v) is 14.1. The number of unbranched alkanes of at least 4 members (excludes halogenated alkanes) is 11. The first-order valence-corrected chi connectivity index (χ1v) is 9.02. The topological polar surface area (TPSA) is 37.3 Å². The lowest BCUT2D eigenvalue weighted by Crippen LogP contribution is -1.89. The first-order valence-electron chi connectivity index (χ1n) is 9.02. The lowest BCUT2D eigenvalue weighted by atomic mass is 10.1. The molecule has 0 rings (SSSR count). The maximum atomic E-state index is 10.8. The summed E-state index contributed by atoms with van der Waals surface area (Å²) in [4.78, 5) is 10.8. The summed E-state index contributed by atoms with van der Waals surface area (Å²) in [6.45, 7) is 2.03. The van der Waals surface area contributed by atoms with Gasteiger partial charge in [0.2, 0.25) is 0 Å². The molecule has 0 bridgehead atoms. The van der Waals surface area contributed by atoms with Crippen LogP contribution in [0.25, 0.3) is 0 Å². The van der Waals surface area contributed by atoms with Crippen molar-refractivity contribution in [2.75, 3.05) is 6.61 Å². The van der Waals surface area contributed by atoms with E-state index in [-0.39, 0.29) is 0 Å². The van der Waals surface area contributed by atoms with Crippen LogP contribution in [-0.4, -0.2) is 17.5 Å². The van der Waals surface area contributed by atoms with Gasteiger partial charge in [0.1, 0.15) is 5.78 Å². The van der Waals surface area contributed by atoms with Crippen LogP contribution in [0.5, 0.6) is 0 Å². The molecule has 0 aromatic rings. The molecule has 0 aromatic carbocycles. The second-order valence-corrected chi connectivity index (χ2v) is 6.11. The molecule has 1 N–H and O–H groups in total. The minimum atomic E-state index is 0.325. The fraction of sp³-hybridized carbons (Fsp3) is 0.842. The highest BCUT2D eigenvalue weighted by molar-refractivity contribution is 5.75. The molecule has 21 heavy (non-hydrogen) atoms. The third-order valence-electron chi connectivity index (χ3n) is 3.85. The Hall–Kier alpha value is -0.630. The van der Waals surface area contributed by atoms with Gasteiger partial charge in [0, 0.05) is 13.0 Å². The third kappa shape index (κ3) is 19.4. The van der Waals surface area contributed by atoms with E-state index in [1.807, 2.05) is 0 Å². The molecule has 0 aliphatic rings. The van der Waals surface area contributed by atoms with Crippen LogP contribution in [-0.2, 0) is 4.79 Å². The summed E-state index contributed by atoms with van der Waals surface area (Å²) in [5, 5.41) is 8.67. The van der Waals surface area contributed by atoms with Crippen molar-refractivity contribution in [3.63, 3.8) is 0 Å². The van der Waals surface area contributed by atoms with E-state index in [0.29, 0.717) is 12.4 Å². The van der Waals surface area contributed by atoms with Gasteiger partial charge in [-0.15, -0.1) is 0 Å². The Kier molecular flexibility index (Phi) is 16.9. The minimum absolute atomic E-state index is 0.325. The van der Waals surface area contributed by atoms with Gasteiger partial charge in [-0.2, -0.15) is 0 Å². The highest BCUT2D eigenvalue weighted by Crippen LogP contribution is 2.09. The molecular weight excluding hydrogens is 260 g/mol. The van der Waals surface area contributed by atoms with Gasteiger partial charge in [-0.3, -0.25) is 0 Å². The van der Waals surface area contributed by atoms with E-state index in [2.05, 4.69) is 12.2 Å². The van der Waals surface area contributed by atoms with Crippen molar-refractivity contribution in [1.29, 1.82) is 0 Å². The average Bonchev–Trinajstić information content (AvgIpc) is 2.46. The van der Waals surface area contributed by atoms with Gasteiger partial charge in [0.15, 0.2) is 0 Å². The SMILES string of the molecule is CC(=O)CCCCCCC/C=C\CCCCCCCCO. The normalized spacial score (nSPS) is 11.3. The summed E-state index contributed by atoms with van der Waals surface area (Å²) >= 11 is 0. The van der Waals surface area contributed by atoms with Crippen molar-refractivity contribution in [3.05, 3.63) is 12.2 Å². The van der Waals surface area contributed by atoms with Gasteiger partial charge >= 0.3 is 0 Å². The van der Waals surface area contributed by atoms with Crippen LogP contribution in [0, 0.1) is 0 Å². The van der Waals surface area contributed by atoms with Crippen molar-refractivity contribution < 1.29 is 9.90 Å². The molecule has 0 amide bonds. The second kappa shape index (κ2) is 17.4. The van der Waals surface area contributed by atoms with E-state index in [1.165, 1.54) is 70.6 Å². The van der Waals surface area contributed by atoms with Gasteiger partial charge in [-0.1, -0.05) is 57.1 Å². The summed E-state index contributed by atoms with van der Waals surface area (Å²) in [6.07, 6.45) is 21.4. The van der Waals surface area contributed by atoms with Crippen LogP contribution >= 0.6 is 0 Å². The van der Waals surface area contributed by atoms with Crippen molar-refractivity contribution in [1.82, 2.24) is 0 Å². The molecule has 0 radical (unpaired) electrons. The highest BCUT2D eigenvalue weighted by atomic mass is 16.2. The van der Waals surface area contributed by atoms with Gasteiger partial charge in [0.05, 0.1) is 0 Å². The molecule has 0 spiro atoms. The quantitative estimate of drug-likeness (QED) is 0.298. The van der Waals surface area contributed by atoms with Crippen LogP contribution < -0.4 is 0 Å². The number of aliphatic hydroxyl groups excluding tert-OH is 1. The van der Waals surface area contributed by atoms with Crippen LogP contribution in [0.15, 0.2) is 12.2 Å². The summed E-state index contributed by atoms with van der Waals surface area (Å²) in [5.41, 5.74) is 0. The summed E-state index contributed by atoms with van der Waals surface area (Å²) in [7, 11) is 0. The number of hydrogen-bond acceptors (Lipinski definition) is 2. The molecule has 124 valence electrons. The Balaban J connectivity index is 3.07. The molecule has 0 fully saturated rings. The Bertz CT molecular complexity index is 246. The van der Waals surface area contributed by atoms with E-state index >= 15 is 0 Å². The number of Topliss-reactive ketones (excluding diaryl/α,β-unsaturated/α-hetero) is 1. The van der Waals surface area contributed by atoms with Gasteiger partial charge in [-0.25, -0.2) is 0 Å². The van der Waals surface area contributed by atoms with E-state index < -0.39 is 0 Å². The first-order chi connectivity index (χ1) is 10.3. The van der Waals surface area contributed by atoms with Crippen molar-refractivity contribution >= 4 is 5.78 Å². The fourth-order valence-electron chi connectivity index (χ4n) is 2.48. The average molecular weight is 296 g/mol. The molecule has 2 nitrogen and oxygen atoms in total. The van der Waals surface area contributed by atoms with E-state index in [4.69, 9.17) is 5.11 Å². The van der Waals surface area contributed by atoms with Crippen LogP contribution in [0.4, 0.5) is 0 Å². The predicted octanol–water partition coefficient (Wildman–Crippen LogP) is 5.59. The van der Waals surface area contributed by atoms with E-state index in [0.717, 1.165) is 19.3 Å². The van der Waals surface area contributed by atoms with Gasteiger partial charge in [-0.05, 0) is 45.4 Å². The summed E-state index contributed by atoms with van der Waals surface area (Å²) < 4.78 is 0. The molecule has 2 heteroatoms. The van der Waals surface area contributed by atoms with Crippen molar-refractivity contribution in [2.24, 2.45) is 0 Å². The molecule has 0 atom stereocenters. The largest absolute Gasteiger partial charge is 0.396 e. The smallest absolute Gasteiger partial charge is 0.129 e. The lowest BCUT2D eigenvalue weighted by Gasteiger charge is -1.99. The van der Waals surface area contributed by atoms with E-state index in [9.17, 15) is 4.79 Å². The van der Waals surface area contributed by atoms with Crippen molar-refractivity contribution in [3.8, 4) is 0 Å². The third-order valence-corrected chi connectivity index (χ3v) is 3.85. The second-order valence-electron chi connectivity index (χ2n) is 6.11. The lowest BCUT2D eigenvalue weighted by molar-refractivity contribution is -0.117. The number of ketones is 1. The standard InChI is InChI=1S/C19H36O2/c1-19(21)17-15-13-11-9-7-5-3-2-4-6-8-10-12-14-16-18-20/h2-3,20H,4-18H2,1H3/b3-2-. The summed E-state index contributed by atoms with van der Waals surface area (Å²) in [6, 6.07) is 0. The molecule has 0 unspecified atom stereocenters. The number of carbonyl (C=O) groups excluding carboxylic acids is 1. The molecule has 0 saturated heterocycles. The van der Waals surface area contributed by atoms with Gasteiger partial charge < -0.3 is 9.90 Å². The molecular formula is C19H36O2. The predicted molar refractivity (Wildman–Crippen MR) is 91.5 cm³/mol.